The summed E-state index contributed by atoms with van der Waals surface area (Å²) in [5, 5.41) is 21.9. The molecule has 0 saturated heterocycles. The van der Waals surface area contributed by atoms with Crippen molar-refractivity contribution in [3.8, 4) is 0 Å². The number of aliphatic carboxylic acids is 1. The van der Waals surface area contributed by atoms with E-state index in [1.165, 1.54) is 19.1 Å². The normalized spacial score (nSPS) is 11.5. The summed E-state index contributed by atoms with van der Waals surface area (Å²) in [6.07, 6.45) is 0. The number of ketones is 1. The van der Waals surface area contributed by atoms with Crippen molar-refractivity contribution in [1.29, 1.82) is 0 Å². The lowest BCUT2D eigenvalue weighted by atomic mass is 10.1. The van der Waals surface area contributed by atoms with Crippen LogP contribution in [0.5, 0.6) is 0 Å². The molecule has 1 aromatic carbocycles. The standard InChI is InChI=1S/C12H14N2O5/c1-7(16)8-2-4-9(5-3-8)13-12(19)14-10(6-15)11(17)18/h2-5,10,15H,6H2,1H3,(H,17,18)(H2,13,14,19)/t10-/m1/s1. The summed E-state index contributed by atoms with van der Waals surface area (Å²) in [5.74, 6) is -1.42. The monoisotopic (exact) mass is 266 g/mol. The van der Waals surface area contributed by atoms with Crippen LogP contribution in [0.1, 0.15) is 17.3 Å². The predicted octanol–water partition coefficient (Wildman–Crippen LogP) is 0.456. The number of carbonyl (C=O) groups is 3. The number of hydrogen-bond acceptors (Lipinski definition) is 4. The van der Waals surface area contributed by atoms with Gasteiger partial charge in [0.15, 0.2) is 11.8 Å². The predicted molar refractivity (Wildman–Crippen MR) is 67.1 cm³/mol. The second-order valence-electron chi connectivity index (χ2n) is 3.81. The molecule has 0 aliphatic carbocycles. The number of benzene rings is 1. The molecule has 1 rings (SSSR count). The first-order chi connectivity index (χ1) is 8.93. The average Bonchev–Trinajstić information content (AvgIpc) is 2.36. The number of carboxylic acids is 1. The van der Waals surface area contributed by atoms with Gasteiger partial charge in [0.2, 0.25) is 0 Å². The molecule has 4 N–H and O–H groups in total. The van der Waals surface area contributed by atoms with Gasteiger partial charge in [0, 0.05) is 11.3 Å². The fraction of sp³-hybridized carbons (Fsp3) is 0.250. The van der Waals surface area contributed by atoms with Gasteiger partial charge in [-0.25, -0.2) is 9.59 Å². The quantitative estimate of drug-likeness (QED) is 0.578. The Kier molecular flexibility index (Phi) is 5.01. The number of anilines is 1. The second kappa shape index (κ2) is 6.50. The van der Waals surface area contributed by atoms with Gasteiger partial charge in [-0.15, -0.1) is 0 Å². The third-order valence-corrected chi connectivity index (χ3v) is 2.34. The van der Waals surface area contributed by atoms with Crippen molar-refractivity contribution >= 4 is 23.5 Å². The minimum Gasteiger partial charge on any atom is -0.480 e. The van der Waals surface area contributed by atoms with E-state index in [-0.39, 0.29) is 5.78 Å². The van der Waals surface area contributed by atoms with E-state index in [0.29, 0.717) is 11.3 Å². The van der Waals surface area contributed by atoms with E-state index in [4.69, 9.17) is 10.2 Å². The van der Waals surface area contributed by atoms with Crippen molar-refractivity contribution in [2.24, 2.45) is 0 Å². The minimum atomic E-state index is -1.36. The highest BCUT2D eigenvalue weighted by Crippen LogP contribution is 2.09. The fourth-order valence-electron chi connectivity index (χ4n) is 1.30. The van der Waals surface area contributed by atoms with Gasteiger partial charge in [-0.05, 0) is 31.2 Å². The van der Waals surface area contributed by atoms with Crippen molar-refractivity contribution in [3.05, 3.63) is 29.8 Å². The third-order valence-electron chi connectivity index (χ3n) is 2.34. The van der Waals surface area contributed by atoms with Gasteiger partial charge in [0.05, 0.1) is 6.61 Å². The Bertz CT molecular complexity index is 483. The van der Waals surface area contributed by atoms with Gasteiger partial charge >= 0.3 is 12.0 Å². The number of carbonyl (C=O) groups excluding carboxylic acids is 2. The lowest BCUT2D eigenvalue weighted by Crippen LogP contribution is -2.45. The van der Waals surface area contributed by atoms with Gasteiger partial charge in [-0.2, -0.15) is 0 Å². The maximum Gasteiger partial charge on any atom is 0.328 e. The number of carboxylic acid groups (broad SMARTS) is 1. The van der Waals surface area contributed by atoms with E-state index in [1.54, 1.807) is 12.1 Å². The summed E-state index contributed by atoms with van der Waals surface area (Å²) < 4.78 is 0. The Labute approximate surface area is 109 Å². The van der Waals surface area contributed by atoms with Gasteiger partial charge in [-0.3, -0.25) is 4.79 Å². The molecular weight excluding hydrogens is 252 g/mol. The number of Topliss-reactive ketones (excluding diaryl/α,β-unsaturated/α-hetero) is 1. The number of nitrogens with one attached hydrogen (secondary N) is 2. The molecule has 0 heterocycles. The molecule has 7 nitrogen and oxygen atoms in total. The lowest BCUT2D eigenvalue weighted by Gasteiger charge is -2.12. The maximum atomic E-state index is 11.4. The molecule has 1 aromatic rings. The molecule has 102 valence electrons. The molecule has 0 fully saturated rings. The Hall–Kier alpha value is -2.41. The second-order valence-corrected chi connectivity index (χ2v) is 3.81. The zero-order chi connectivity index (χ0) is 14.4. The minimum absolute atomic E-state index is 0.0952. The van der Waals surface area contributed by atoms with Crippen LogP contribution in [0.4, 0.5) is 10.5 Å². The molecule has 0 spiro atoms. The summed E-state index contributed by atoms with van der Waals surface area (Å²) >= 11 is 0. The van der Waals surface area contributed by atoms with Crippen LogP contribution in [0.3, 0.4) is 0 Å². The van der Waals surface area contributed by atoms with E-state index < -0.39 is 24.6 Å². The highest BCUT2D eigenvalue weighted by atomic mass is 16.4. The molecule has 19 heavy (non-hydrogen) atoms. The SMILES string of the molecule is CC(=O)c1ccc(NC(=O)N[C@H](CO)C(=O)O)cc1. The maximum absolute atomic E-state index is 11.4. The number of urea groups is 1. The number of amides is 2. The molecule has 1 atom stereocenters. The molecule has 0 bridgehead atoms. The molecule has 0 aromatic heterocycles. The topological polar surface area (TPSA) is 116 Å². The highest BCUT2D eigenvalue weighted by molar-refractivity contribution is 5.96. The van der Waals surface area contributed by atoms with Crippen molar-refractivity contribution in [2.45, 2.75) is 13.0 Å². The van der Waals surface area contributed by atoms with Gasteiger partial charge < -0.3 is 20.8 Å². The van der Waals surface area contributed by atoms with E-state index >= 15 is 0 Å². The van der Waals surface area contributed by atoms with Crippen LogP contribution in [-0.4, -0.2) is 40.6 Å². The van der Waals surface area contributed by atoms with Crippen LogP contribution in [0.2, 0.25) is 0 Å². The van der Waals surface area contributed by atoms with Gasteiger partial charge in [0.25, 0.3) is 0 Å². The number of rotatable bonds is 5. The van der Waals surface area contributed by atoms with Crippen molar-refractivity contribution in [3.63, 3.8) is 0 Å². The molecule has 0 radical (unpaired) electrons. The zero-order valence-electron chi connectivity index (χ0n) is 10.2. The molecule has 0 aliphatic rings. The van der Waals surface area contributed by atoms with Crippen molar-refractivity contribution < 1.29 is 24.6 Å². The van der Waals surface area contributed by atoms with E-state index in [1.807, 2.05) is 0 Å². The van der Waals surface area contributed by atoms with Gasteiger partial charge in [0.1, 0.15) is 0 Å². The smallest absolute Gasteiger partial charge is 0.328 e. The third kappa shape index (κ3) is 4.40. The molecule has 0 aliphatic heterocycles. The molecule has 2 amide bonds. The summed E-state index contributed by atoms with van der Waals surface area (Å²) in [4.78, 5) is 33.1. The summed E-state index contributed by atoms with van der Waals surface area (Å²) in [6.45, 7) is 0.722. The van der Waals surface area contributed by atoms with Crippen molar-refractivity contribution in [2.75, 3.05) is 11.9 Å². The first-order valence-electron chi connectivity index (χ1n) is 5.46. The van der Waals surface area contributed by atoms with Crippen molar-refractivity contribution in [1.82, 2.24) is 5.32 Å². The first kappa shape index (κ1) is 14.7. The highest BCUT2D eigenvalue weighted by Gasteiger charge is 2.18. The molecule has 0 unspecified atom stereocenters. The number of aliphatic hydroxyl groups is 1. The summed E-state index contributed by atoms with van der Waals surface area (Å²) in [6, 6.07) is 4.00. The van der Waals surface area contributed by atoms with E-state index in [0.717, 1.165) is 0 Å². The fourth-order valence-corrected chi connectivity index (χ4v) is 1.30. The first-order valence-corrected chi connectivity index (χ1v) is 5.46. The lowest BCUT2D eigenvalue weighted by molar-refractivity contribution is -0.140. The van der Waals surface area contributed by atoms with E-state index in [2.05, 4.69) is 10.6 Å². The Morgan fingerprint density at radius 1 is 1.21 bits per heavy atom. The summed E-state index contributed by atoms with van der Waals surface area (Å²) in [7, 11) is 0. The van der Waals surface area contributed by atoms with Crippen LogP contribution in [0, 0.1) is 0 Å². The van der Waals surface area contributed by atoms with Crippen LogP contribution < -0.4 is 10.6 Å². The Morgan fingerprint density at radius 2 is 1.79 bits per heavy atom. The number of aliphatic hydroxyl groups excluding tert-OH is 1. The Balaban J connectivity index is 2.61. The zero-order valence-corrected chi connectivity index (χ0v) is 10.2. The van der Waals surface area contributed by atoms with Crippen LogP contribution >= 0.6 is 0 Å². The summed E-state index contributed by atoms with van der Waals surface area (Å²) in [5.41, 5.74) is 0.911. The largest absolute Gasteiger partial charge is 0.480 e. The van der Waals surface area contributed by atoms with Crippen LogP contribution in [0.25, 0.3) is 0 Å². The number of hydrogen-bond donors (Lipinski definition) is 4. The average molecular weight is 266 g/mol. The molecule has 7 heteroatoms. The van der Waals surface area contributed by atoms with Crippen LogP contribution in [0.15, 0.2) is 24.3 Å². The van der Waals surface area contributed by atoms with E-state index in [9.17, 15) is 14.4 Å². The van der Waals surface area contributed by atoms with Gasteiger partial charge in [-0.1, -0.05) is 0 Å². The molecular formula is C12H14N2O5. The Morgan fingerprint density at radius 3 is 2.21 bits per heavy atom. The molecule has 0 saturated carbocycles. The van der Waals surface area contributed by atoms with Crippen LogP contribution in [-0.2, 0) is 4.79 Å².